The van der Waals surface area contributed by atoms with E-state index in [1.807, 2.05) is 11.8 Å². The number of hydrogen-bond acceptors (Lipinski definition) is 5. The Hall–Kier alpha value is -0.300. The first kappa shape index (κ1) is 13.1. The van der Waals surface area contributed by atoms with Crippen LogP contribution in [0.5, 0.6) is 0 Å². The third-order valence-electron chi connectivity index (χ3n) is 3.07. The van der Waals surface area contributed by atoms with E-state index in [-0.39, 0.29) is 11.9 Å². The van der Waals surface area contributed by atoms with Crippen molar-refractivity contribution in [3.63, 3.8) is 0 Å². The van der Waals surface area contributed by atoms with E-state index < -0.39 is 0 Å². The van der Waals surface area contributed by atoms with Gasteiger partial charge in [-0.1, -0.05) is 0 Å². The molecule has 98 valence electrons. The molecule has 2 aliphatic heterocycles. The molecule has 2 rings (SSSR count). The van der Waals surface area contributed by atoms with E-state index in [1.165, 1.54) is 11.5 Å². The SMILES string of the molecule is O=C(NCCN1CCSCC1)C1COCCN1. The molecule has 2 N–H and O–H groups in total. The minimum Gasteiger partial charge on any atom is -0.378 e. The maximum Gasteiger partial charge on any atom is 0.239 e. The highest BCUT2D eigenvalue weighted by Crippen LogP contribution is 2.07. The molecule has 0 aromatic carbocycles. The molecule has 0 aromatic rings. The van der Waals surface area contributed by atoms with Crippen LogP contribution in [0.15, 0.2) is 0 Å². The van der Waals surface area contributed by atoms with Gasteiger partial charge in [0.25, 0.3) is 0 Å². The van der Waals surface area contributed by atoms with Gasteiger partial charge in [-0.05, 0) is 0 Å². The lowest BCUT2D eigenvalue weighted by atomic mass is 10.2. The number of hydrogen-bond donors (Lipinski definition) is 2. The summed E-state index contributed by atoms with van der Waals surface area (Å²) in [5, 5.41) is 6.12. The minimum atomic E-state index is -0.166. The maximum absolute atomic E-state index is 11.8. The first-order valence-corrected chi connectivity index (χ1v) is 7.40. The van der Waals surface area contributed by atoms with Gasteiger partial charge < -0.3 is 15.4 Å². The molecule has 0 aliphatic carbocycles. The zero-order valence-corrected chi connectivity index (χ0v) is 10.9. The number of carbonyl (C=O) groups excluding carboxylic acids is 1. The molecule has 5 nitrogen and oxygen atoms in total. The number of amides is 1. The predicted molar refractivity (Wildman–Crippen MR) is 69.4 cm³/mol. The average Bonchev–Trinajstić information content (AvgIpc) is 2.41. The van der Waals surface area contributed by atoms with Gasteiger partial charge >= 0.3 is 0 Å². The summed E-state index contributed by atoms with van der Waals surface area (Å²) in [5.41, 5.74) is 0. The molecule has 2 heterocycles. The third kappa shape index (κ3) is 4.46. The number of morpholine rings is 1. The molecule has 0 aromatic heterocycles. The number of carbonyl (C=O) groups is 1. The summed E-state index contributed by atoms with van der Waals surface area (Å²) in [6.45, 7) is 5.95. The Morgan fingerprint density at radius 1 is 1.47 bits per heavy atom. The lowest BCUT2D eigenvalue weighted by Crippen LogP contribution is -2.52. The minimum absolute atomic E-state index is 0.0658. The number of nitrogens with one attached hydrogen (secondary N) is 2. The van der Waals surface area contributed by atoms with Crippen LogP contribution >= 0.6 is 11.8 Å². The van der Waals surface area contributed by atoms with Crippen molar-refractivity contribution in [2.75, 3.05) is 57.4 Å². The summed E-state index contributed by atoms with van der Waals surface area (Å²) in [6, 6.07) is -0.166. The molecule has 0 saturated carbocycles. The van der Waals surface area contributed by atoms with Crippen molar-refractivity contribution in [3.8, 4) is 0 Å². The van der Waals surface area contributed by atoms with Gasteiger partial charge in [-0.25, -0.2) is 0 Å². The summed E-state index contributed by atoms with van der Waals surface area (Å²) in [4.78, 5) is 14.2. The largest absolute Gasteiger partial charge is 0.378 e. The number of thioether (sulfide) groups is 1. The van der Waals surface area contributed by atoms with Crippen molar-refractivity contribution in [1.29, 1.82) is 0 Å². The van der Waals surface area contributed by atoms with Crippen LogP contribution in [0.3, 0.4) is 0 Å². The van der Waals surface area contributed by atoms with Gasteiger partial charge in [0, 0.05) is 44.2 Å². The van der Waals surface area contributed by atoms with Crippen LogP contribution in [0.25, 0.3) is 0 Å². The van der Waals surface area contributed by atoms with Crippen LogP contribution in [-0.4, -0.2) is 74.3 Å². The second-order valence-electron chi connectivity index (χ2n) is 4.33. The van der Waals surface area contributed by atoms with Crippen molar-refractivity contribution in [2.24, 2.45) is 0 Å². The van der Waals surface area contributed by atoms with Crippen LogP contribution in [0.1, 0.15) is 0 Å². The van der Waals surface area contributed by atoms with E-state index in [4.69, 9.17) is 4.74 Å². The van der Waals surface area contributed by atoms with Gasteiger partial charge in [0.2, 0.25) is 5.91 Å². The summed E-state index contributed by atoms with van der Waals surface area (Å²) in [6.07, 6.45) is 0. The number of nitrogens with zero attached hydrogens (tertiary/aromatic N) is 1. The lowest BCUT2D eigenvalue weighted by Gasteiger charge is -2.27. The van der Waals surface area contributed by atoms with Crippen molar-refractivity contribution >= 4 is 17.7 Å². The lowest BCUT2D eigenvalue weighted by molar-refractivity contribution is -0.125. The fourth-order valence-electron chi connectivity index (χ4n) is 2.02. The van der Waals surface area contributed by atoms with E-state index in [0.717, 1.165) is 32.7 Å². The first-order valence-electron chi connectivity index (χ1n) is 6.25. The molecule has 17 heavy (non-hydrogen) atoms. The molecule has 6 heteroatoms. The van der Waals surface area contributed by atoms with Crippen molar-refractivity contribution in [1.82, 2.24) is 15.5 Å². The highest BCUT2D eigenvalue weighted by molar-refractivity contribution is 7.99. The monoisotopic (exact) mass is 259 g/mol. The molecule has 2 saturated heterocycles. The number of rotatable bonds is 4. The van der Waals surface area contributed by atoms with Gasteiger partial charge in [0.05, 0.1) is 13.2 Å². The fourth-order valence-corrected chi connectivity index (χ4v) is 3.00. The van der Waals surface area contributed by atoms with E-state index in [0.29, 0.717) is 13.2 Å². The van der Waals surface area contributed by atoms with E-state index in [1.54, 1.807) is 0 Å². The van der Waals surface area contributed by atoms with Gasteiger partial charge in [0.15, 0.2) is 0 Å². The van der Waals surface area contributed by atoms with Crippen molar-refractivity contribution < 1.29 is 9.53 Å². The topological polar surface area (TPSA) is 53.6 Å². The fraction of sp³-hybridized carbons (Fsp3) is 0.909. The van der Waals surface area contributed by atoms with Gasteiger partial charge in [0.1, 0.15) is 6.04 Å². The third-order valence-corrected chi connectivity index (χ3v) is 4.01. The zero-order valence-electron chi connectivity index (χ0n) is 10.1. The summed E-state index contributed by atoms with van der Waals surface area (Å²) in [5.74, 6) is 2.49. The zero-order chi connectivity index (χ0) is 11.9. The molecule has 2 fully saturated rings. The second-order valence-corrected chi connectivity index (χ2v) is 5.55. The standard InChI is InChI=1S/C11H21N3O2S/c15-11(10-9-16-6-2-12-10)13-1-3-14-4-7-17-8-5-14/h10,12H,1-9H2,(H,13,15). The molecule has 0 spiro atoms. The molecular weight excluding hydrogens is 238 g/mol. The molecule has 0 bridgehead atoms. The van der Waals surface area contributed by atoms with Crippen LogP contribution in [0.2, 0.25) is 0 Å². The number of ether oxygens (including phenoxy) is 1. The Morgan fingerprint density at radius 2 is 2.29 bits per heavy atom. The quantitative estimate of drug-likeness (QED) is 0.688. The van der Waals surface area contributed by atoms with Crippen LogP contribution in [-0.2, 0) is 9.53 Å². The Morgan fingerprint density at radius 3 is 3.00 bits per heavy atom. The highest BCUT2D eigenvalue weighted by Gasteiger charge is 2.20. The first-order chi connectivity index (χ1) is 8.36. The predicted octanol–water partition coefficient (Wildman–Crippen LogP) is -0.860. The molecule has 0 radical (unpaired) electrons. The highest BCUT2D eigenvalue weighted by atomic mass is 32.2. The summed E-state index contributed by atoms with van der Waals surface area (Å²) < 4.78 is 5.26. The van der Waals surface area contributed by atoms with Gasteiger partial charge in [-0.3, -0.25) is 9.69 Å². The molecule has 1 amide bonds. The average molecular weight is 259 g/mol. The Kier molecular flexibility index (Phi) is 5.57. The van der Waals surface area contributed by atoms with E-state index in [9.17, 15) is 4.79 Å². The Labute approximate surface area is 107 Å². The molecule has 1 unspecified atom stereocenters. The molecular formula is C11H21N3O2S. The summed E-state index contributed by atoms with van der Waals surface area (Å²) in [7, 11) is 0. The normalized spacial score (nSPS) is 26.7. The Bertz CT molecular complexity index is 241. The maximum atomic E-state index is 11.8. The van der Waals surface area contributed by atoms with Crippen LogP contribution in [0, 0.1) is 0 Å². The second kappa shape index (κ2) is 7.20. The molecule has 2 aliphatic rings. The van der Waals surface area contributed by atoms with Gasteiger partial charge in [-0.15, -0.1) is 0 Å². The summed E-state index contributed by atoms with van der Waals surface area (Å²) >= 11 is 2.01. The molecule has 1 atom stereocenters. The van der Waals surface area contributed by atoms with Crippen molar-refractivity contribution in [3.05, 3.63) is 0 Å². The van der Waals surface area contributed by atoms with Crippen LogP contribution < -0.4 is 10.6 Å². The smallest absolute Gasteiger partial charge is 0.239 e. The van der Waals surface area contributed by atoms with Crippen molar-refractivity contribution in [2.45, 2.75) is 6.04 Å². The van der Waals surface area contributed by atoms with E-state index >= 15 is 0 Å². The van der Waals surface area contributed by atoms with Gasteiger partial charge in [-0.2, -0.15) is 11.8 Å². The van der Waals surface area contributed by atoms with E-state index in [2.05, 4.69) is 15.5 Å². The Balaban J connectivity index is 1.58. The van der Waals surface area contributed by atoms with Crippen LogP contribution in [0.4, 0.5) is 0 Å².